The van der Waals surface area contributed by atoms with E-state index in [1.54, 1.807) is 29.2 Å². The highest BCUT2D eigenvalue weighted by Gasteiger charge is 2.10. The van der Waals surface area contributed by atoms with Crippen molar-refractivity contribution in [1.82, 2.24) is 19.7 Å². The summed E-state index contributed by atoms with van der Waals surface area (Å²) in [5.74, 6) is -0.595. The van der Waals surface area contributed by atoms with Gasteiger partial charge < -0.3 is 9.47 Å². The van der Waals surface area contributed by atoms with Gasteiger partial charge in [0.15, 0.2) is 11.6 Å². The number of rotatable bonds is 5. The van der Waals surface area contributed by atoms with E-state index < -0.39 is 5.82 Å². The Hall–Kier alpha value is -3.55. The van der Waals surface area contributed by atoms with Crippen LogP contribution in [0, 0.1) is 5.82 Å². The van der Waals surface area contributed by atoms with E-state index in [9.17, 15) is 9.18 Å². The van der Waals surface area contributed by atoms with Gasteiger partial charge in [0.25, 0.3) is 0 Å². The zero-order valence-corrected chi connectivity index (χ0v) is 15.3. The van der Waals surface area contributed by atoms with Crippen molar-refractivity contribution in [3.63, 3.8) is 0 Å². The molecule has 0 aliphatic carbocycles. The van der Waals surface area contributed by atoms with Crippen LogP contribution in [0.5, 0.6) is 5.75 Å². The van der Waals surface area contributed by atoms with E-state index in [1.165, 1.54) is 20.1 Å². The molecule has 4 rings (SSSR count). The van der Waals surface area contributed by atoms with E-state index in [0.29, 0.717) is 28.8 Å². The van der Waals surface area contributed by atoms with E-state index in [2.05, 4.69) is 15.1 Å². The number of halogens is 1. The van der Waals surface area contributed by atoms with E-state index in [-0.39, 0.29) is 18.3 Å². The summed E-state index contributed by atoms with van der Waals surface area (Å²) in [7, 11) is 1.42. The lowest BCUT2D eigenvalue weighted by Crippen LogP contribution is -2.09. The maximum Gasteiger partial charge on any atom is 0.302 e. The Morgan fingerprint density at radius 2 is 2.04 bits per heavy atom. The second-order valence-corrected chi connectivity index (χ2v) is 6.21. The van der Waals surface area contributed by atoms with Crippen molar-refractivity contribution in [3.8, 4) is 17.0 Å². The number of nitrogens with zero attached hydrogens (tertiary/aromatic N) is 4. The third-order valence-corrected chi connectivity index (χ3v) is 4.36. The monoisotopic (exact) mass is 380 g/mol. The third kappa shape index (κ3) is 3.36. The molecule has 0 atom stereocenters. The number of carbonyl (C=O) groups excluding carboxylic acids is 1. The number of esters is 1. The summed E-state index contributed by atoms with van der Waals surface area (Å²) in [6.45, 7) is 2.07. The highest BCUT2D eigenvalue weighted by Crippen LogP contribution is 2.26. The zero-order chi connectivity index (χ0) is 19.7. The Morgan fingerprint density at radius 3 is 2.79 bits per heavy atom. The van der Waals surface area contributed by atoms with Gasteiger partial charge in [0.2, 0.25) is 0 Å². The van der Waals surface area contributed by atoms with Gasteiger partial charge in [0.1, 0.15) is 6.61 Å². The van der Waals surface area contributed by atoms with Crippen molar-refractivity contribution in [2.75, 3.05) is 13.7 Å². The molecule has 0 radical (unpaired) electrons. The Bertz CT molecular complexity index is 1190. The molecule has 4 aromatic rings. The maximum atomic E-state index is 14.0. The summed E-state index contributed by atoms with van der Waals surface area (Å²) in [5, 5.41) is 5.22. The molecule has 0 saturated carbocycles. The van der Waals surface area contributed by atoms with Crippen LogP contribution in [0.3, 0.4) is 0 Å². The van der Waals surface area contributed by atoms with Gasteiger partial charge in [0, 0.05) is 17.9 Å². The topological polar surface area (TPSA) is 79.1 Å². The minimum absolute atomic E-state index is 0.181. The van der Waals surface area contributed by atoms with Crippen LogP contribution < -0.4 is 4.74 Å². The van der Waals surface area contributed by atoms with Gasteiger partial charge in [-0.1, -0.05) is 0 Å². The van der Waals surface area contributed by atoms with Crippen LogP contribution in [0.1, 0.15) is 6.92 Å². The molecule has 7 nitrogen and oxygen atoms in total. The Labute approximate surface area is 159 Å². The van der Waals surface area contributed by atoms with E-state index in [1.807, 2.05) is 12.1 Å². The van der Waals surface area contributed by atoms with Gasteiger partial charge in [-0.05, 0) is 30.3 Å². The molecule has 0 aliphatic rings. The quantitative estimate of drug-likeness (QED) is 0.494. The van der Waals surface area contributed by atoms with Crippen molar-refractivity contribution in [2.45, 2.75) is 13.5 Å². The second-order valence-electron chi connectivity index (χ2n) is 6.21. The molecular weight excluding hydrogens is 363 g/mol. The van der Waals surface area contributed by atoms with Crippen LogP contribution in [0.15, 0.2) is 42.7 Å². The molecule has 2 aromatic carbocycles. The van der Waals surface area contributed by atoms with E-state index >= 15 is 0 Å². The lowest BCUT2D eigenvalue weighted by Gasteiger charge is -2.07. The number of benzene rings is 2. The first kappa shape index (κ1) is 17.8. The minimum Gasteiger partial charge on any atom is -0.494 e. The van der Waals surface area contributed by atoms with Gasteiger partial charge in [-0.3, -0.25) is 14.5 Å². The molecule has 0 fully saturated rings. The Kier molecular flexibility index (Phi) is 4.60. The number of hydrogen-bond acceptors (Lipinski definition) is 6. The van der Waals surface area contributed by atoms with Crippen LogP contribution >= 0.6 is 0 Å². The van der Waals surface area contributed by atoms with E-state index in [0.717, 1.165) is 10.9 Å². The molecule has 0 aliphatic heterocycles. The van der Waals surface area contributed by atoms with Crippen LogP contribution in [0.2, 0.25) is 0 Å². The first-order chi connectivity index (χ1) is 13.5. The number of carbonyl (C=O) groups is 1. The number of aromatic nitrogens is 4. The fraction of sp³-hybridized carbons (Fsp3) is 0.200. The molecule has 2 aromatic heterocycles. The first-order valence-corrected chi connectivity index (χ1v) is 8.65. The Morgan fingerprint density at radius 1 is 1.18 bits per heavy atom. The van der Waals surface area contributed by atoms with Crippen LogP contribution in [-0.4, -0.2) is 39.4 Å². The summed E-state index contributed by atoms with van der Waals surface area (Å²) >= 11 is 0. The predicted molar refractivity (Wildman–Crippen MR) is 101 cm³/mol. The molecule has 0 spiro atoms. The largest absolute Gasteiger partial charge is 0.494 e. The van der Waals surface area contributed by atoms with Crippen LogP contribution in [0.25, 0.3) is 33.2 Å². The fourth-order valence-corrected chi connectivity index (χ4v) is 3.00. The molecule has 0 amide bonds. The third-order valence-electron chi connectivity index (χ3n) is 4.36. The molecule has 0 N–H and O–H groups in total. The van der Waals surface area contributed by atoms with Crippen LogP contribution in [0.4, 0.5) is 4.39 Å². The van der Waals surface area contributed by atoms with Crippen molar-refractivity contribution in [1.29, 1.82) is 0 Å². The molecule has 142 valence electrons. The maximum absolute atomic E-state index is 14.0. The van der Waals surface area contributed by atoms with Crippen molar-refractivity contribution in [2.24, 2.45) is 0 Å². The van der Waals surface area contributed by atoms with Gasteiger partial charge in [-0.25, -0.2) is 9.37 Å². The summed E-state index contributed by atoms with van der Waals surface area (Å²) in [6, 6.07) is 8.45. The summed E-state index contributed by atoms with van der Waals surface area (Å²) in [6.07, 6.45) is 3.33. The highest BCUT2D eigenvalue weighted by atomic mass is 19.1. The number of fused-ring (bicyclic) bond motifs is 2. The molecule has 28 heavy (non-hydrogen) atoms. The SMILES string of the molecule is COc1ccc(-c2cnc3cc4c(cnn4CCOC(C)=O)cc3n2)cc1F. The summed E-state index contributed by atoms with van der Waals surface area (Å²) in [5.41, 5.74) is 3.43. The number of methoxy groups -OCH3 is 1. The minimum atomic E-state index is -0.452. The molecule has 0 bridgehead atoms. The van der Waals surface area contributed by atoms with Crippen LogP contribution in [-0.2, 0) is 16.1 Å². The van der Waals surface area contributed by atoms with Gasteiger partial charge >= 0.3 is 5.97 Å². The lowest BCUT2D eigenvalue weighted by molar-refractivity contribution is -0.141. The molecular formula is C20H17FN4O3. The summed E-state index contributed by atoms with van der Waals surface area (Å²) < 4.78 is 25.7. The average Bonchev–Trinajstić information content (AvgIpc) is 3.07. The summed E-state index contributed by atoms with van der Waals surface area (Å²) in [4.78, 5) is 20.0. The van der Waals surface area contributed by atoms with Gasteiger partial charge in [-0.15, -0.1) is 0 Å². The number of ether oxygens (including phenoxy) is 2. The van der Waals surface area contributed by atoms with Gasteiger partial charge in [-0.2, -0.15) is 5.10 Å². The fourth-order valence-electron chi connectivity index (χ4n) is 3.00. The van der Waals surface area contributed by atoms with Gasteiger partial charge in [0.05, 0.1) is 48.3 Å². The van der Waals surface area contributed by atoms with E-state index in [4.69, 9.17) is 9.47 Å². The Balaban J connectivity index is 1.69. The molecule has 8 heteroatoms. The predicted octanol–water partition coefficient (Wildman–Crippen LogP) is 3.36. The molecule has 0 saturated heterocycles. The lowest BCUT2D eigenvalue weighted by atomic mass is 10.1. The molecule has 2 heterocycles. The first-order valence-electron chi connectivity index (χ1n) is 8.65. The van der Waals surface area contributed by atoms with Crippen molar-refractivity contribution in [3.05, 3.63) is 48.5 Å². The zero-order valence-electron chi connectivity index (χ0n) is 15.3. The number of hydrogen-bond donors (Lipinski definition) is 0. The smallest absolute Gasteiger partial charge is 0.302 e. The van der Waals surface area contributed by atoms with Crippen molar-refractivity contribution >= 4 is 27.9 Å². The highest BCUT2D eigenvalue weighted by molar-refractivity contribution is 5.93. The average molecular weight is 380 g/mol. The standard InChI is InChI=1S/C20H17FN4O3/c1-12(26)28-6-5-25-19-9-16-17(8-14(19)10-23-25)24-18(11-22-16)13-3-4-20(27-2)15(21)7-13/h3-4,7-11H,5-6H2,1-2H3. The normalized spacial score (nSPS) is 11.1. The second kappa shape index (κ2) is 7.22. The molecule has 0 unspecified atom stereocenters. The van der Waals surface area contributed by atoms with Crippen molar-refractivity contribution < 1.29 is 18.7 Å².